The fourth-order valence-corrected chi connectivity index (χ4v) is 3.42. The predicted molar refractivity (Wildman–Crippen MR) is 114 cm³/mol. The number of benzene rings is 3. The van der Waals surface area contributed by atoms with Crippen LogP contribution in [0.4, 0.5) is 43.4 Å². The first kappa shape index (κ1) is 22.4. The van der Waals surface area contributed by atoms with Crippen LogP contribution in [0.5, 0.6) is 0 Å². The summed E-state index contributed by atoms with van der Waals surface area (Å²) in [6.45, 7) is 0. The Labute approximate surface area is 185 Å². The Hall–Kier alpha value is -3.81. The number of halogens is 6. The fourth-order valence-electron chi connectivity index (χ4n) is 3.42. The number of hydrogen-bond acceptors (Lipinski definition) is 2. The summed E-state index contributed by atoms with van der Waals surface area (Å²) in [4.78, 5) is 5.90. The van der Waals surface area contributed by atoms with E-state index in [0.717, 1.165) is 11.4 Å². The third-order valence-corrected chi connectivity index (χ3v) is 4.91. The van der Waals surface area contributed by atoms with Crippen LogP contribution in [0, 0.1) is 0 Å². The van der Waals surface area contributed by atoms with Crippen LogP contribution in [0.15, 0.2) is 97.2 Å². The van der Waals surface area contributed by atoms with E-state index >= 15 is 0 Å². The summed E-state index contributed by atoms with van der Waals surface area (Å²) >= 11 is 0. The van der Waals surface area contributed by atoms with E-state index < -0.39 is 23.5 Å². The van der Waals surface area contributed by atoms with Crippen molar-refractivity contribution in [3.63, 3.8) is 0 Å². The Kier molecular flexibility index (Phi) is 5.84. The molecule has 33 heavy (non-hydrogen) atoms. The number of nitrogens with zero attached hydrogens (tertiary/aromatic N) is 2. The highest BCUT2D eigenvalue weighted by Gasteiger charge is 2.37. The van der Waals surface area contributed by atoms with Crippen LogP contribution in [0.25, 0.3) is 11.3 Å². The van der Waals surface area contributed by atoms with E-state index in [2.05, 4.69) is 4.98 Å². The average Bonchev–Trinajstić information content (AvgIpc) is 2.79. The molecular weight excluding hydrogens is 442 g/mol. The van der Waals surface area contributed by atoms with Gasteiger partial charge in [0, 0.05) is 28.8 Å². The smallest absolute Gasteiger partial charge is 0.310 e. The van der Waals surface area contributed by atoms with Gasteiger partial charge in [0.25, 0.3) is 0 Å². The molecule has 0 aliphatic carbocycles. The highest BCUT2D eigenvalue weighted by atomic mass is 19.4. The molecule has 0 saturated carbocycles. The van der Waals surface area contributed by atoms with Gasteiger partial charge in [0.2, 0.25) is 0 Å². The van der Waals surface area contributed by atoms with Gasteiger partial charge in [-0.3, -0.25) is 4.98 Å². The molecule has 0 radical (unpaired) electrons. The minimum Gasteiger partial charge on any atom is -0.310 e. The molecule has 0 saturated heterocycles. The Balaban J connectivity index is 1.87. The second-order valence-electron chi connectivity index (χ2n) is 7.20. The highest BCUT2D eigenvalue weighted by Crippen LogP contribution is 2.40. The molecule has 4 aromatic rings. The van der Waals surface area contributed by atoms with E-state index in [1.54, 1.807) is 6.07 Å². The van der Waals surface area contributed by atoms with Gasteiger partial charge in [0.1, 0.15) is 0 Å². The van der Waals surface area contributed by atoms with E-state index in [1.807, 2.05) is 65.6 Å². The first-order valence-corrected chi connectivity index (χ1v) is 9.79. The summed E-state index contributed by atoms with van der Waals surface area (Å²) in [6.07, 6.45) is -8.52. The van der Waals surface area contributed by atoms with Gasteiger partial charge in [0.05, 0.1) is 16.8 Å². The normalized spacial score (nSPS) is 11.9. The maximum atomic E-state index is 13.3. The molecule has 0 unspecified atom stereocenters. The molecule has 0 spiro atoms. The Morgan fingerprint density at radius 3 is 1.48 bits per heavy atom. The minimum absolute atomic E-state index is 0.0130. The van der Waals surface area contributed by atoms with Gasteiger partial charge >= 0.3 is 12.4 Å². The molecule has 1 aromatic heterocycles. The molecule has 168 valence electrons. The van der Waals surface area contributed by atoms with Gasteiger partial charge in [0.15, 0.2) is 0 Å². The second-order valence-corrected chi connectivity index (χ2v) is 7.20. The van der Waals surface area contributed by atoms with E-state index in [1.165, 1.54) is 12.3 Å². The fraction of sp³-hybridized carbons (Fsp3) is 0.0800. The van der Waals surface area contributed by atoms with Crippen LogP contribution in [0.3, 0.4) is 0 Å². The number of pyridine rings is 1. The molecule has 0 aliphatic heterocycles. The van der Waals surface area contributed by atoms with Gasteiger partial charge in [-0.25, -0.2) is 0 Å². The second kappa shape index (κ2) is 8.61. The van der Waals surface area contributed by atoms with Crippen LogP contribution < -0.4 is 4.90 Å². The van der Waals surface area contributed by atoms with E-state index in [9.17, 15) is 26.3 Å². The summed E-state index contributed by atoms with van der Waals surface area (Å²) in [5.41, 5.74) is -1.00. The van der Waals surface area contributed by atoms with E-state index in [-0.39, 0.29) is 17.3 Å². The van der Waals surface area contributed by atoms with Crippen LogP contribution in [0.2, 0.25) is 0 Å². The van der Waals surface area contributed by atoms with Crippen molar-refractivity contribution in [3.8, 4) is 11.3 Å². The van der Waals surface area contributed by atoms with Crippen LogP contribution >= 0.6 is 0 Å². The molecule has 2 nitrogen and oxygen atoms in total. The van der Waals surface area contributed by atoms with Gasteiger partial charge in [-0.05, 0) is 54.6 Å². The van der Waals surface area contributed by atoms with Crippen molar-refractivity contribution >= 4 is 17.1 Å². The standard InChI is InChI=1S/C25H16F6N2/c26-24(27,28)18-13-17(14-19(15-18)25(29,30)31)23-16-22(11-12-32-23)33(20-7-3-1-4-8-20)21-9-5-2-6-10-21/h1-16H. The Morgan fingerprint density at radius 2 is 1.03 bits per heavy atom. The van der Waals surface area contributed by atoms with Crippen molar-refractivity contribution < 1.29 is 26.3 Å². The van der Waals surface area contributed by atoms with Gasteiger partial charge < -0.3 is 4.90 Å². The molecule has 0 amide bonds. The number of hydrogen-bond donors (Lipinski definition) is 0. The van der Waals surface area contributed by atoms with Crippen molar-refractivity contribution in [2.75, 3.05) is 4.90 Å². The largest absolute Gasteiger partial charge is 0.416 e. The lowest BCUT2D eigenvalue weighted by molar-refractivity contribution is -0.143. The number of rotatable bonds is 4. The van der Waals surface area contributed by atoms with Crippen molar-refractivity contribution in [2.45, 2.75) is 12.4 Å². The van der Waals surface area contributed by atoms with E-state index in [0.29, 0.717) is 17.8 Å². The van der Waals surface area contributed by atoms with Crippen molar-refractivity contribution in [2.24, 2.45) is 0 Å². The van der Waals surface area contributed by atoms with Gasteiger partial charge in [-0.1, -0.05) is 36.4 Å². The highest BCUT2D eigenvalue weighted by molar-refractivity contribution is 5.78. The lowest BCUT2D eigenvalue weighted by Crippen LogP contribution is -2.12. The molecule has 1 heterocycles. The summed E-state index contributed by atoms with van der Waals surface area (Å²) in [6, 6.07) is 22.9. The molecule has 4 rings (SSSR count). The number of aromatic nitrogens is 1. The van der Waals surface area contributed by atoms with Crippen LogP contribution in [-0.2, 0) is 12.4 Å². The average molecular weight is 458 g/mol. The SMILES string of the molecule is FC(F)(F)c1cc(-c2cc(N(c3ccccc3)c3ccccc3)ccn2)cc(C(F)(F)F)c1. The molecule has 0 fully saturated rings. The van der Waals surface area contributed by atoms with Gasteiger partial charge in [-0.2, -0.15) is 26.3 Å². The first-order chi connectivity index (χ1) is 15.6. The van der Waals surface area contributed by atoms with E-state index in [4.69, 9.17) is 0 Å². The first-order valence-electron chi connectivity index (χ1n) is 9.79. The minimum atomic E-state index is -4.94. The molecule has 8 heteroatoms. The van der Waals surface area contributed by atoms with Gasteiger partial charge in [-0.15, -0.1) is 0 Å². The number of alkyl halides is 6. The third kappa shape index (κ3) is 5.00. The zero-order valence-electron chi connectivity index (χ0n) is 16.9. The third-order valence-electron chi connectivity index (χ3n) is 4.91. The monoisotopic (exact) mass is 458 g/mol. The summed E-state index contributed by atoms with van der Waals surface area (Å²) in [7, 11) is 0. The van der Waals surface area contributed by atoms with Crippen molar-refractivity contribution in [1.29, 1.82) is 0 Å². The maximum Gasteiger partial charge on any atom is 0.416 e. The molecule has 0 N–H and O–H groups in total. The quantitative estimate of drug-likeness (QED) is 0.286. The topological polar surface area (TPSA) is 16.1 Å². The Bertz CT molecular complexity index is 1160. The summed E-state index contributed by atoms with van der Waals surface area (Å²) < 4.78 is 79.8. The van der Waals surface area contributed by atoms with Crippen LogP contribution in [0.1, 0.15) is 11.1 Å². The molecule has 3 aromatic carbocycles. The number of anilines is 3. The lowest BCUT2D eigenvalue weighted by Gasteiger charge is -2.25. The lowest BCUT2D eigenvalue weighted by atomic mass is 10.0. The predicted octanol–water partition coefficient (Wildman–Crippen LogP) is 8.26. The van der Waals surface area contributed by atoms with Crippen molar-refractivity contribution in [3.05, 3.63) is 108 Å². The molecule has 0 bridgehead atoms. The molecular formula is C25H16F6N2. The van der Waals surface area contributed by atoms with Crippen LogP contribution in [-0.4, -0.2) is 4.98 Å². The summed E-state index contributed by atoms with van der Waals surface area (Å²) in [5.74, 6) is 0. The Morgan fingerprint density at radius 1 is 0.545 bits per heavy atom. The zero-order valence-corrected chi connectivity index (χ0v) is 16.9. The maximum absolute atomic E-state index is 13.3. The number of para-hydroxylation sites is 2. The molecule has 0 aliphatic rings. The summed E-state index contributed by atoms with van der Waals surface area (Å²) in [5, 5.41) is 0. The van der Waals surface area contributed by atoms with Crippen molar-refractivity contribution in [1.82, 2.24) is 4.98 Å². The zero-order chi connectivity index (χ0) is 23.6. The molecule has 0 atom stereocenters.